The molecule has 1 amide bonds. The van der Waals surface area contributed by atoms with Crippen molar-refractivity contribution in [1.29, 1.82) is 0 Å². The molecule has 0 aromatic heterocycles. The number of esters is 1. The average Bonchev–Trinajstić information content (AvgIpc) is 3.59. The van der Waals surface area contributed by atoms with Gasteiger partial charge in [-0.3, -0.25) is 9.59 Å². The molecular weight excluding hydrogens is 397 g/mol. The fraction of sp³-hybridized carbons (Fsp3) is 0.200. The molecule has 0 heterocycles. The van der Waals surface area contributed by atoms with Crippen LogP contribution in [-0.4, -0.2) is 19.0 Å². The molecule has 1 saturated carbocycles. The van der Waals surface area contributed by atoms with E-state index in [4.69, 9.17) is 9.47 Å². The number of carbonyl (C=O) groups is 2. The second kappa shape index (κ2) is 9.00. The van der Waals surface area contributed by atoms with E-state index in [0.29, 0.717) is 23.4 Å². The number of benzene rings is 3. The van der Waals surface area contributed by atoms with Crippen molar-refractivity contribution in [2.75, 3.05) is 12.4 Å². The first-order chi connectivity index (χ1) is 15.0. The minimum Gasteiger partial charge on any atom is -0.497 e. The van der Waals surface area contributed by atoms with Crippen molar-refractivity contribution in [3.8, 4) is 5.75 Å². The quantitative estimate of drug-likeness (QED) is 0.556. The summed E-state index contributed by atoms with van der Waals surface area (Å²) in [5.74, 6) is -0.976. The lowest BCUT2D eigenvalue weighted by atomic mass is 10.1. The summed E-state index contributed by atoms with van der Waals surface area (Å²) in [4.78, 5) is 25.8. The third kappa shape index (κ3) is 4.91. The van der Waals surface area contributed by atoms with E-state index in [0.717, 1.165) is 5.56 Å². The molecule has 158 valence electrons. The Morgan fingerprint density at radius 2 is 1.74 bits per heavy atom. The Hall–Kier alpha value is -3.67. The number of carbonyl (C=O) groups excluding carboxylic acids is 2. The van der Waals surface area contributed by atoms with Gasteiger partial charge in [-0.05, 0) is 42.2 Å². The summed E-state index contributed by atoms with van der Waals surface area (Å²) >= 11 is 0. The molecule has 6 heteroatoms. The zero-order chi connectivity index (χ0) is 21.8. The Bertz CT molecular complexity index is 1070. The molecule has 0 spiro atoms. The van der Waals surface area contributed by atoms with Crippen molar-refractivity contribution >= 4 is 17.6 Å². The first-order valence-corrected chi connectivity index (χ1v) is 10.0. The van der Waals surface area contributed by atoms with E-state index in [9.17, 15) is 14.0 Å². The summed E-state index contributed by atoms with van der Waals surface area (Å²) in [7, 11) is 1.54. The molecule has 1 aliphatic carbocycles. The van der Waals surface area contributed by atoms with Crippen molar-refractivity contribution < 1.29 is 23.5 Å². The SMILES string of the molecule is COc1cccc(NC(=O)C(OC(=O)C2CC2c2ccc(F)cc2)c2ccccc2)c1. The van der Waals surface area contributed by atoms with Crippen LogP contribution in [0.25, 0.3) is 0 Å². The maximum absolute atomic E-state index is 13.2. The number of methoxy groups -OCH3 is 1. The third-order valence-corrected chi connectivity index (χ3v) is 5.30. The van der Waals surface area contributed by atoms with Crippen molar-refractivity contribution in [1.82, 2.24) is 0 Å². The van der Waals surface area contributed by atoms with Gasteiger partial charge in [0.05, 0.1) is 13.0 Å². The highest BCUT2D eigenvalue weighted by Crippen LogP contribution is 2.48. The van der Waals surface area contributed by atoms with Gasteiger partial charge in [-0.15, -0.1) is 0 Å². The van der Waals surface area contributed by atoms with Gasteiger partial charge in [-0.2, -0.15) is 0 Å². The van der Waals surface area contributed by atoms with Crippen LogP contribution < -0.4 is 10.1 Å². The maximum Gasteiger partial charge on any atom is 0.310 e. The Morgan fingerprint density at radius 1 is 1.00 bits per heavy atom. The summed E-state index contributed by atoms with van der Waals surface area (Å²) in [6, 6.07) is 21.9. The molecule has 1 N–H and O–H groups in total. The van der Waals surface area contributed by atoms with E-state index < -0.39 is 18.0 Å². The fourth-order valence-corrected chi connectivity index (χ4v) is 3.55. The second-order valence-electron chi connectivity index (χ2n) is 7.45. The molecule has 4 rings (SSSR count). The normalized spacial score (nSPS) is 18.0. The largest absolute Gasteiger partial charge is 0.497 e. The molecule has 0 saturated heterocycles. The van der Waals surface area contributed by atoms with Gasteiger partial charge < -0.3 is 14.8 Å². The van der Waals surface area contributed by atoms with Crippen LogP contribution in [0.4, 0.5) is 10.1 Å². The predicted octanol–water partition coefficient (Wildman–Crippen LogP) is 4.86. The fourth-order valence-electron chi connectivity index (χ4n) is 3.55. The lowest BCUT2D eigenvalue weighted by molar-refractivity contribution is -0.156. The highest BCUT2D eigenvalue weighted by Gasteiger charge is 2.46. The lowest BCUT2D eigenvalue weighted by Crippen LogP contribution is -2.26. The molecular formula is C25H22FNO4. The molecule has 3 aromatic rings. The zero-order valence-electron chi connectivity index (χ0n) is 17.0. The van der Waals surface area contributed by atoms with Crippen molar-refractivity contribution in [2.24, 2.45) is 5.92 Å². The molecule has 3 aromatic carbocycles. The van der Waals surface area contributed by atoms with Gasteiger partial charge in [0.2, 0.25) is 6.10 Å². The Morgan fingerprint density at radius 3 is 2.45 bits per heavy atom. The summed E-state index contributed by atoms with van der Waals surface area (Å²) < 4.78 is 24.0. The molecule has 1 aliphatic rings. The van der Waals surface area contributed by atoms with Crippen LogP contribution in [0.2, 0.25) is 0 Å². The minimum atomic E-state index is -1.09. The number of hydrogen-bond donors (Lipinski definition) is 1. The van der Waals surface area contributed by atoms with Gasteiger partial charge in [0.25, 0.3) is 5.91 Å². The first-order valence-electron chi connectivity index (χ1n) is 10.0. The molecule has 1 fully saturated rings. The number of rotatable bonds is 7. The standard InChI is InChI=1S/C25H22FNO4/c1-30-20-9-5-8-19(14-20)27-24(28)23(17-6-3-2-4-7-17)31-25(29)22-15-21(22)16-10-12-18(26)13-11-16/h2-14,21-23H,15H2,1H3,(H,27,28). The zero-order valence-corrected chi connectivity index (χ0v) is 17.0. The summed E-state index contributed by atoms with van der Waals surface area (Å²) in [6.07, 6.45) is -0.474. The van der Waals surface area contributed by atoms with Gasteiger partial charge in [-0.1, -0.05) is 48.5 Å². The van der Waals surface area contributed by atoms with Gasteiger partial charge in [0.15, 0.2) is 0 Å². The van der Waals surface area contributed by atoms with Crippen LogP contribution >= 0.6 is 0 Å². The number of hydrogen-bond acceptors (Lipinski definition) is 4. The van der Waals surface area contributed by atoms with Crippen LogP contribution in [0.15, 0.2) is 78.9 Å². The number of amides is 1. The highest BCUT2D eigenvalue weighted by molar-refractivity contribution is 5.96. The van der Waals surface area contributed by atoms with Crippen LogP contribution in [0, 0.1) is 11.7 Å². The maximum atomic E-state index is 13.2. The first kappa shape index (κ1) is 20.6. The van der Waals surface area contributed by atoms with E-state index in [1.54, 1.807) is 67.8 Å². The van der Waals surface area contributed by atoms with Crippen LogP contribution in [0.3, 0.4) is 0 Å². The number of ether oxygens (including phenoxy) is 2. The predicted molar refractivity (Wildman–Crippen MR) is 114 cm³/mol. The van der Waals surface area contributed by atoms with E-state index in [1.807, 2.05) is 6.07 Å². The van der Waals surface area contributed by atoms with E-state index in [-0.39, 0.29) is 17.7 Å². The summed E-state index contributed by atoms with van der Waals surface area (Å²) in [5, 5.41) is 2.79. The molecule has 0 bridgehead atoms. The summed E-state index contributed by atoms with van der Waals surface area (Å²) in [6.45, 7) is 0. The Kier molecular flexibility index (Phi) is 5.98. The third-order valence-electron chi connectivity index (χ3n) is 5.30. The molecule has 0 aliphatic heterocycles. The van der Waals surface area contributed by atoms with Gasteiger partial charge in [0, 0.05) is 17.3 Å². The van der Waals surface area contributed by atoms with Crippen molar-refractivity contribution in [3.63, 3.8) is 0 Å². The molecule has 0 radical (unpaired) electrons. The van der Waals surface area contributed by atoms with E-state index >= 15 is 0 Å². The van der Waals surface area contributed by atoms with Gasteiger partial charge >= 0.3 is 5.97 Å². The molecule has 31 heavy (non-hydrogen) atoms. The smallest absolute Gasteiger partial charge is 0.310 e. The lowest BCUT2D eigenvalue weighted by Gasteiger charge is -2.18. The van der Waals surface area contributed by atoms with E-state index in [1.165, 1.54) is 12.1 Å². The van der Waals surface area contributed by atoms with E-state index in [2.05, 4.69) is 5.32 Å². The second-order valence-corrected chi connectivity index (χ2v) is 7.45. The Labute approximate surface area is 179 Å². The van der Waals surface area contributed by atoms with Crippen LogP contribution in [0.1, 0.15) is 29.6 Å². The minimum absolute atomic E-state index is 0.0223. The van der Waals surface area contributed by atoms with Crippen LogP contribution in [0.5, 0.6) is 5.75 Å². The van der Waals surface area contributed by atoms with Gasteiger partial charge in [0.1, 0.15) is 11.6 Å². The molecule has 3 atom stereocenters. The van der Waals surface area contributed by atoms with Crippen LogP contribution in [-0.2, 0) is 14.3 Å². The van der Waals surface area contributed by atoms with Crippen molar-refractivity contribution in [3.05, 3.63) is 95.8 Å². The number of anilines is 1. The van der Waals surface area contributed by atoms with Crippen molar-refractivity contribution in [2.45, 2.75) is 18.4 Å². The Balaban J connectivity index is 1.48. The number of halogens is 1. The molecule has 5 nitrogen and oxygen atoms in total. The number of nitrogens with one attached hydrogen (secondary N) is 1. The monoisotopic (exact) mass is 419 g/mol. The summed E-state index contributed by atoms with van der Waals surface area (Å²) in [5.41, 5.74) is 2.01. The van der Waals surface area contributed by atoms with Gasteiger partial charge in [-0.25, -0.2) is 4.39 Å². The molecule has 3 unspecified atom stereocenters. The average molecular weight is 419 g/mol. The topological polar surface area (TPSA) is 64.6 Å². The highest BCUT2D eigenvalue weighted by atomic mass is 19.1.